The molecule has 2 aromatic rings. The van der Waals surface area contributed by atoms with Crippen LogP contribution >= 0.6 is 0 Å². The highest BCUT2D eigenvalue weighted by molar-refractivity contribution is 6.49. The number of Topliss-reactive ketones (excluding diaryl/α,β-unsaturated/α-hetero) is 2. The monoisotopic (exact) mass is 336 g/mol. The van der Waals surface area contributed by atoms with Crippen molar-refractivity contribution in [3.05, 3.63) is 36.5 Å². The molecule has 128 valence electrons. The van der Waals surface area contributed by atoms with Gasteiger partial charge in [0.15, 0.2) is 0 Å². The van der Waals surface area contributed by atoms with Crippen molar-refractivity contribution in [1.82, 2.24) is 4.98 Å². The summed E-state index contributed by atoms with van der Waals surface area (Å²) in [6.07, 6.45) is 2.63. The molecular weight excluding hydrogens is 316 g/mol. The zero-order chi connectivity index (χ0) is 18.0. The van der Waals surface area contributed by atoms with Crippen LogP contribution < -0.4 is 5.32 Å². The van der Waals surface area contributed by atoms with Crippen molar-refractivity contribution in [3.8, 4) is 0 Å². The summed E-state index contributed by atoms with van der Waals surface area (Å²) in [5.41, 5.74) is -1.54. The van der Waals surface area contributed by atoms with E-state index in [4.69, 9.17) is 0 Å². The normalized spacial score (nSPS) is 30.0. The Labute approximate surface area is 145 Å². The molecule has 2 saturated carbocycles. The third-order valence-electron chi connectivity index (χ3n) is 6.81. The van der Waals surface area contributed by atoms with Gasteiger partial charge in [-0.25, -0.2) is 0 Å². The van der Waals surface area contributed by atoms with Crippen LogP contribution in [0.25, 0.3) is 10.9 Å². The van der Waals surface area contributed by atoms with Crippen molar-refractivity contribution >= 4 is 34.1 Å². The molecule has 1 heterocycles. The second-order valence-electron chi connectivity index (χ2n) is 7.86. The fourth-order valence-corrected chi connectivity index (χ4v) is 4.71. The molecule has 2 aliphatic rings. The lowest BCUT2D eigenvalue weighted by molar-refractivity contribution is -0.147. The van der Waals surface area contributed by atoms with Crippen LogP contribution in [-0.4, -0.2) is 22.5 Å². The van der Waals surface area contributed by atoms with Crippen molar-refractivity contribution in [2.45, 2.75) is 33.6 Å². The molecule has 2 fully saturated rings. The molecule has 0 radical (unpaired) electrons. The first kappa shape index (κ1) is 15.9. The van der Waals surface area contributed by atoms with Crippen molar-refractivity contribution in [2.24, 2.45) is 16.2 Å². The van der Waals surface area contributed by atoms with Crippen LogP contribution in [0.5, 0.6) is 0 Å². The number of carbonyl (C=O) groups excluding carboxylic acids is 3. The number of nitrogens with one attached hydrogen (secondary N) is 1. The molecule has 2 aliphatic carbocycles. The topological polar surface area (TPSA) is 76.1 Å². The van der Waals surface area contributed by atoms with E-state index in [1.807, 2.05) is 45.0 Å². The lowest BCUT2D eigenvalue weighted by atomic mass is 9.64. The van der Waals surface area contributed by atoms with Gasteiger partial charge in [0.25, 0.3) is 0 Å². The second-order valence-corrected chi connectivity index (χ2v) is 7.86. The molecule has 2 atom stereocenters. The Morgan fingerprint density at radius 2 is 1.76 bits per heavy atom. The summed E-state index contributed by atoms with van der Waals surface area (Å²) in [7, 11) is 0. The zero-order valence-corrected chi connectivity index (χ0v) is 14.6. The summed E-state index contributed by atoms with van der Waals surface area (Å²) in [5.74, 6) is -1.35. The van der Waals surface area contributed by atoms with Gasteiger partial charge in [0, 0.05) is 17.0 Å². The average Bonchev–Trinajstić information content (AvgIpc) is 2.87. The van der Waals surface area contributed by atoms with Gasteiger partial charge in [-0.3, -0.25) is 19.4 Å². The van der Waals surface area contributed by atoms with Gasteiger partial charge in [-0.05, 0) is 30.4 Å². The molecule has 0 unspecified atom stereocenters. The zero-order valence-electron chi connectivity index (χ0n) is 14.6. The van der Waals surface area contributed by atoms with E-state index in [0.717, 1.165) is 5.39 Å². The predicted octanol–water partition coefficient (Wildman–Crippen LogP) is 3.14. The van der Waals surface area contributed by atoms with Crippen LogP contribution in [0.15, 0.2) is 36.5 Å². The van der Waals surface area contributed by atoms with Gasteiger partial charge < -0.3 is 5.32 Å². The minimum Gasteiger partial charge on any atom is -0.323 e. The third-order valence-corrected chi connectivity index (χ3v) is 6.81. The second kappa shape index (κ2) is 4.75. The molecule has 0 saturated heterocycles. The van der Waals surface area contributed by atoms with E-state index in [2.05, 4.69) is 10.3 Å². The number of carbonyl (C=O) groups is 3. The van der Waals surface area contributed by atoms with Gasteiger partial charge in [-0.2, -0.15) is 0 Å². The first-order valence-electron chi connectivity index (χ1n) is 8.50. The van der Waals surface area contributed by atoms with Crippen LogP contribution in [0.3, 0.4) is 0 Å². The number of amides is 1. The van der Waals surface area contributed by atoms with E-state index in [0.29, 0.717) is 24.0 Å². The maximum atomic E-state index is 13.2. The maximum absolute atomic E-state index is 13.2. The van der Waals surface area contributed by atoms with Gasteiger partial charge in [-0.15, -0.1) is 0 Å². The standard InChI is InChI=1S/C20H20N2O3/c1-18(2)19(3)9-10-20(18,16(24)15(19)23)17(25)22-13-8-4-6-12-7-5-11-21-14(12)13/h4-8,11H,9-10H2,1-3H3,(H,22,25)/t19-,20+/m1/s1. The van der Waals surface area contributed by atoms with Crippen LogP contribution in [0.2, 0.25) is 0 Å². The first-order chi connectivity index (χ1) is 11.8. The number of para-hydroxylation sites is 1. The maximum Gasteiger partial charge on any atom is 0.239 e. The summed E-state index contributed by atoms with van der Waals surface area (Å²) >= 11 is 0. The summed E-state index contributed by atoms with van der Waals surface area (Å²) in [4.78, 5) is 42.9. The van der Waals surface area contributed by atoms with Crippen molar-refractivity contribution < 1.29 is 14.4 Å². The Bertz CT molecular complexity index is 944. The van der Waals surface area contributed by atoms with Crippen molar-refractivity contribution in [1.29, 1.82) is 0 Å². The van der Waals surface area contributed by atoms with E-state index in [-0.39, 0.29) is 0 Å². The predicted molar refractivity (Wildman–Crippen MR) is 93.9 cm³/mol. The lowest BCUT2D eigenvalue weighted by Gasteiger charge is -2.37. The van der Waals surface area contributed by atoms with Gasteiger partial charge in [0.1, 0.15) is 5.41 Å². The number of benzene rings is 1. The van der Waals surface area contributed by atoms with E-state index >= 15 is 0 Å². The van der Waals surface area contributed by atoms with E-state index in [9.17, 15) is 14.4 Å². The molecule has 1 aromatic heterocycles. The van der Waals surface area contributed by atoms with E-state index in [1.54, 1.807) is 12.3 Å². The van der Waals surface area contributed by atoms with Gasteiger partial charge in [0.2, 0.25) is 17.5 Å². The number of rotatable bonds is 2. The van der Waals surface area contributed by atoms with Crippen molar-refractivity contribution in [3.63, 3.8) is 0 Å². The Morgan fingerprint density at radius 3 is 2.44 bits per heavy atom. The van der Waals surface area contributed by atoms with Crippen LogP contribution in [0, 0.1) is 16.2 Å². The highest BCUT2D eigenvalue weighted by Crippen LogP contribution is 2.69. The lowest BCUT2D eigenvalue weighted by Crippen LogP contribution is -2.47. The SMILES string of the molecule is CC1(C)[C@@]2(C(=O)Nc3cccc4cccnc34)CC[C@]1(C)C(=O)C2=O. The number of nitrogens with zero attached hydrogens (tertiary/aromatic N) is 1. The Morgan fingerprint density at radius 1 is 1.04 bits per heavy atom. The molecule has 0 aliphatic heterocycles. The Kier molecular flexibility index (Phi) is 3.03. The van der Waals surface area contributed by atoms with Crippen LogP contribution in [0.1, 0.15) is 33.6 Å². The highest BCUT2D eigenvalue weighted by atomic mass is 16.2. The van der Waals surface area contributed by atoms with E-state index < -0.39 is 33.7 Å². The number of ketones is 2. The Hall–Kier alpha value is -2.56. The minimum atomic E-state index is -1.30. The summed E-state index contributed by atoms with van der Waals surface area (Å²) in [6.45, 7) is 5.54. The number of hydrogen-bond donors (Lipinski definition) is 1. The molecule has 1 aromatic carbocycles. The number of fused-ring (bicyclic) bond motifs is 3. The number of anilines is 1. The third kappa shape index (κ3) is 1.68. The molecule has 5 nitrogen and oxygen atoms in total. The van der Waals surface area contributed by atoms with Gasteiger partial charge >= 0.3 is 0 Å². The molecule has 1 N–H and O–H groups in total. The highest BCUT2D eigenvalue weighted by Gasteiger charge is 2.77. The largest absolute Gasteiger partial charge is 0.323 e. The molecule has 0 spiro atoms. The van der Waals surface area contributed by atoms with Gasteiger partial charge in [-0.1, -0.05) is 39.0 Å². The molecule has 2 bridgehead atoms. The quantitative estimate of drug-likeness (QED) is 0.675. The smallest absolute Gasteiger partial charge is 0.239 e. The van der Waals surface area contributed by atoms with Crippen LogP contribution in [0.4, 0.5) is 5.69 Å². The van der Waals surface area contributed by atoms with Gasteiger partial charge in [0.05, 0.1) is 11.2 Å². The molecule has 25 heavy (non-hydrogen) atoms. The molecule has 1 amide bonds. The fraction of sp³-hybridized carbons (Fsp3) is 0.400. The van der Waals surface area contributed by atoms with Crippen molar-refractivity contribution in [2.75, 3.05) is 5.32 Å². The molecule has 5 heteroatoms. The fourth-order valence-electron chi connectivity index (χ4n) is 4.71. The summed E-state index contributed by atoms with van der Waals surface area (Å²) in [6, 6.07) is 9.26. The number of pyridine rings is 1. The Balaban J connectivity index is 1.79. The molecule has 4 rings (SSSR count). The van der Waals surface area contributed by atoms with E-state index in [1.165, 1.54) is 0 Å². The average molecular weight is 336 g/mol. The summed E-state index contributed by atoms with van der Waals surface area (Å²) in [5, 5.41) is 3.80. The number of hydrogen-bond acceptors (Lipinski definition) is 4. The summed E-state index contributed by atoms with van der Waals surface area (Å²) < 4.78 is 0. The first-order valence-corrected chi connectivity index (χ1v) is 8.50. The van der Waals surface area contributed by atoms with Crippen LogP contribution in [-0.2, 0) is 14.4 Å². The minimum absolute atomic E-state index is 0.393. The molecular formula is C20H20N2O3. The number of aromatic nitrogens is 1.